The first-order chi connectivity index (χ1) is 10.1. The van der Waals surface area contributed by atoms with Crippen molar-refractivity contribution in [3.05, 3.63) is 79.0 Å². The van der Waals surface area contributed by atoms with Gasteiger partial charge < -0.3 is 0 Å². The first-order valence-corrected chi connectivity index (χ1v) is 8.24. The molecule has 0 saturated heterocycles. The van der Waals surface area contributed by atoms with Crippen LogP contribution in [0.5, 0.6) is 0 Å². The van der Waals surface area contributed by atoms with Crippen molar-refractivity contribution in [2.75, 3.05) is 6.54 Å². The van der Waals surface area contributed by atoms with Gasteiger partial charge in [-0.05, 0) is 47.3 Å². The molecule has 0 N–H and O–H groups in total. The average molecular weight is 409 g/mol. The van der Waals surface area contributed by atoms with Crippen molar-refractivity contribution in [1.29, 1.82) is 0 Å². The third-order valence-electron chi connectivity index (χ3n) is 3.76. The Hall–Kier alpha value is -1.29. The Labute approximate surface area is 141 Å². The summed E-state index contributed by atoms with van der Waals surface area (Å²) >= 11 is 7.05. The summed E-state index contributed by atoms with van der Waals surface area (Å²) in [5.74, 6) is 0. The number of benzene rings is 2. The van der Waals surface area contributed by atoms with Crippen LogP contribution >= 0.6 is 31.9 Å². The topological polar surface area (TPSA) is 48.8 Å². The minimum Gasteiger partial charge on any atom is -0.0927 e. The molecule has 2 rings (SSSR count). The van der Waals surface area contributed by atoms with Gasteiger partial charge in [-0.15, -0.1) is 0 Å². The zero-order chi connectivity index (χ0) is 15.3. The molecule has 0 aromatic heterocycles. The largest absolute Gasteiger partial charge is 0.0927 e. The summed E-state index contributed by atoms with van der Waals surface area (Å²) in [5, 5.41) is 3.88. The Morgan fingerprint density at radius 2 is 1.57 bits per heavy atom. The molecule has 0 amide bonds. The third-order valence-corrected chi connectivity index (χ3v) is 4.75. The summed E-state index contributed by atoms with van der Waals surface area (Å²) < 4.78 is 2.04. The van der Waals surface area contributed by atoms with Crippen molar-refractivity contribution in [1.82, 2.24) is 0 Å². The summed E-state index contributed by atoms with van der Waals surface area (Å²) in [6, 6.07) is 16.4. The Balaban J connectivity index is 2.65. The summed E-state index contributed by atoms with van der Waals surface area (Å²) in [7, 11) is 0. The quantitative estimate of drug-likeness (QED) is 0.320. The molecule has 5 heteroatoms. The Morgan fingerprint density at radius 3 is 1.95 bits per heavy atom. The van der Waals surface area contributed by atoms with Crippen molar-refractivity contribution in [3.8, 4) is 0 Å². The average Bonchev–Trinajstić information content (AvgIpc) is 2.49. The molecule has 108 valence electrons. The molecule has 2 aromatic carbocycles. The monoisotopic (exact) mass is 407 g/mol. The first-order valence-electron chi connectivity index (χ1n) is 6.65. The number of azide groups is 1. The van der Waals surface area contributed by atoms with E-state index < -0.39 is 0 Å². The van der Waals surface area contributed by atoms with E-state index in [0.717, 1.165) is 26.5 Å². The highest BCUT2D eigenvalue weighted by Crippen LogP contribution is 2.38. The third kappa shape index (κ3) is 3.49. The van der Waals surface area contributed by atoms with Gasteiger partial charge in [-0.25, -0.2) is 0 Å². The zero-order valence-electron chi connectivity index (χ0n) is 11.6. The van der Waals surface area contributed by atoms with Gasteiger partial charge in [0, 0.05) is 25.8 Å². The lowest BCUT2D eigenvalue weighted by atomic mass is 9.72. The molecular weight excluding hydrogens is 394 g/mol. The van der Waals surface area contributed by atoms with Crippen LogP contribution in [-0.2, 0) is 5.41 Å². The van der Waals surface area contributed by atoms with Crippen molar-refractivity contribution >= 4 is 31.9 Å². The van der Waals surface area contributed by atoms with Crippen molar-refractivity contribution in [2.24, 2.45) is 5.11 Å². The Bertz CT molecular complexity index is 633. The van der Waals surface area contributed by atoms with E-state index in [-0.39, 0.29) is 5.41 Å². The van der Waals surface area contributed by atoms with Crippen LogP contribution in [0.2, 0.25) is 0 Å². The van der Waals surface area contributed by atoms with E-state index in [0.29, 0.717) is 6.54 Å². The normalized spacial score (nSPS) is 11.0. The number of nitrogens with zero attached hydrogens (tertiary/aromatic N) is 3. The lowest BCUT2D eigenvalue weighted by Crippen LogP contribution is -2.30. The number of hydrogen-bond acceptors (Lipinski definition) is 1. The second-order valence-corrected chi connectivity index (χ2v) is 6.68. The highest BCUT2D eigenvalue weighted by molar-refractivity contribution is 9.10. The van der Waals surface area contributed by atoms with Crippen LogP contribution in [0.25, 0.3) is 10.4 Å². The summed E-state index contributed by atoms with van der Waals surface area (Å²) in [6.45, 7) is 2.52. The van der Waals surface area contributed by atoms with Gasteiger partial charge in [0.15, 0.2) is 0 Å². The fourth-order valence-electron chi connectivity index (χ4n) is 2.59. The summed E-state index contributed by atoms with van der Waals surface area (Å²) in [6.07, 6.45) is 0.846. The van der Waals surface area contributed by atoms with E-state index in [9.17, 15) is 0 Å². The highest BCUT2D eigenvalue weighted by Gasteiger charge is 2.32. The molecule has 0 fully saturated rings. The molecule has 0 bridgehead atoms. The van der Waals surface area contributed by atoms with Crippen molar-refractivity contribution in [3.63, 3.8) is 0 Å². The SMILES string of the molecule is CCC(CN=[N+]=[N-])(c1cccc(Br)c1)c1cccc(Br)c1. The molecule has 0 aliphatic carbocycles. The molecule has 2 aromatic rings. The van der Waals surface area contributed by atoms with E-state index >= 15 is 0 Å². The van der Waals surface area contributed by atoms with Gasteiger partial charge in [0.05, 0.1) is 0 Å². The first kappa shape index (κ1) is 16.1. The molecule has 0 aliphatic heterocycles. The molecule has 0 spiro atoms. The Morgan fingerprint density at radius 1 is 1.05 bits per heavy atom. The van der Waals surface area contributed by atoms with Gasteiger partial charge in [-0.2, -0.15) is 0 Å². The molecule has 0 saturated carbocycles. The van der Waals surface area contributed by atoms with Gasteiger partial charge in [0.25, 0.3) is 0 Å². The van der Waals surface area contributed by atoms with E-state index in [1.165, 1.54) is 0 Å². The zero-order valence-corrected chi connectivity index (χ0v) is 14.8. The van der Waals surface area contributed by atoms with Gasteiger partial charge in [0.2, 0.25) is 0 Å². The second kappa shape index (κ2) is 7.12. The van der Waals surface area contributed by atoms with E-state index in [1.807, 2.05) is 24.3 Å². The van der Waals surface area contributed by atoms with Crippen LogP contribution in [0, 0.1) is 0 Å². The van der Waals surface area contributed by atoms with Crippen LogP contribution in [-0.4, -0.2) is 6.54 Å². The minimum atomic E-state index is -0.320. The van der Waals surface area contributed by atoms with Crippen LogP contribution < -0.4 is 0 Å². The minimum absolute atomic E-state index is 0.320. The molecule has 21 heavy (non-hydrogen) atoms. The van der Waals surface area contributed by atoms with Crippen LogP contribution in [0.4, 0.5) is 0 Å². The summed E-state index contributed by atoms with van der Waals surface area (Å²) in [4.78, 5) is 2.97. The van der Waals surface area contributed by atoms with Gasteiger partial charge in [-0.3, -0.25) is 0 Å². The molecule has 0 unspecified atom stereocenters. The van der Waals surface area contributed by atoms with Crippen LogP contribution in [0.15, 0.2) is 62.6 Å². The van der Waals surface area contributed by atoms with E-state index in [2.05, 4.69) is 73.1 Å². The molecule has 0 atom stereocenters. The molecule has 3 nitrogen and oxygen atoms in total. The number of halogens is 2. The maximum Gasteiger partial charge on any atom is 0.0395 e. The van der Waals surface area contributed by atoms with Gasteiger partial charge in [0.1, 0.15) is 0 Å². The number of hydrogen-bond donors (Lipinski definition) is 0. The predicted octanol–water partition coefficient (Wildman–Crippen LogP) is 6.22. The van der Waals surface area contributed by atoms with E-state index in [1.54, 1.807) is 0 Å². The standard InChI is InChI=1S/C16H15Br2N3/c1-2-16(11-20-21-19,12-5-3-7-14(17)9-12)13-6-4-8-15(18)10-13/h3-10H,2,11H2,1H3. The molecule has 0 heterocycles. The fraction of sp³-hybridized carbons (Fsp3) is 0.250. The predicted molar refractivity (Wildman–Crippen MR) is 93.4 cm³/mol. The van der Waals surface area contributed by atoms with Gasteiger partial charge >= 0.3 is 0 Å². The smallest absolute Gasteiger partial charge is 0.0395 e. The van der Waals surface area contributed by atoms with Crippen molar-refractivity contribution in [2.45, 2.75) is 18.8 Å². The summed E-state index contributed by atoms with van der Waals surface area (Å²) in [5.41, 5.74) is 10.7. The van der Waals surface area contributed by atoms with E-state index in [4.69, 9.17) is 5.53 Å². The molecular formula is C16H15Br2N3. The fourth-order valence-corrected chi connectivity index (χ4v) is 3.39. The maximum atomic E-state index is 8.77. The Kier molecular flexibility index (Phi) is 5.45. The second-order valence-electron chi connectivity index (χ2n) is 4.85. The maximum absolute atomic E-state index is 8.77. The highest BCUT2D eigenvalue weighted by atomic mass is 79.9. The van der Waals surface area contributed by atoms with Crippen molar-refractivity contribution < 1.29 is 0 Å². The lowest BCUT2D eigenvalue weighted by Gasteiger charge is -2.33. The van der Waals surface area contributed by atoms with Crippen LogP contribution in [0.3, 0.4) is 0 Å². The lowest BCUT2D eigenvalue weighted by molar-refractivity contribution is 0.506. The molecule has 0 aliphatic rings. The number of rotatable bonds is 5. The van der Waals surface area contributed by atoms with Crippen LogP contribution in [0.1, 0.15) is 24.5 Å². The van der Waals surface area contributed by atoms with Gasteiger partial charge in [-0.1, -0.05) is 68.2 Å². The molecule has 0 radical (unpaired) electrons.